The summed E-state index contributed by atoms with van der Waals surface area (Å²) in [5.74, 6) is -2.71. The second-order valence-electron chi connectivity index (χ2n) is 4.33. The lowest BCUT2D eigenvalue weighted by Gasteiger charge is -2.14. The molecule has 0 spiro atoms. The molecule has 2 heterocycles. The van der Waals surface area contributed by atoms with Crippen LogP contribution >= 0.6 is 0 Å². The monoisotopic (exact) mass is 300 g/mol. The molecule has 0 bridgehead atoms. The summed E-state index contributed by atoms with van der Waals surface area (Å²) in [6.45, 7) is -1.60. The van der Waals surface area contributed by atoms with E-state index in [0.717, 1.165) is 0 Å². The van der Waals surface area contributed by atoms with Gasteiger partial charge in [0, 0.05) is 12.8 Å². The van der Waals surface area contributed by atoms with Gasteiger partial charge in [-0.15, -0.1) is 0 Å². The second-order valence-corrected chi connectivity index (χ2v) is 4.33. The van der Waals surface area contributed by atoms with Crippen molar-refractivity contribution < 1.29 is 22.5 Å². The lowest BCUT2D eigenvalue weighted by atomic mass is 10.2. The second kappa shape index (κ2) is 6.44. The zero-order valence-corrected chi connectivity index (χ0v) is 11.0. The first-order valence-corrected chi connectivity index (χ1v) is 6.21. The van der Waals surface area contributed by atoms with Gasteiger partial charge >= 0.3 is 0 Å². The molecular weight excluding hydrogens is 286 g/mol. The number of aromatic nitrogens is 2. The Morgan fingerprint density at radius 1 is 1.48 bits per heavy atom. The summed E-state index contributed by atoms with van der Waals surface area (Å²) in [4.78, 5) is 15.5. The van der Waals surface area contributed by atoms with Crippen LogP contribution in [0.4, 0.5) is 8.78 Å². The molecule has 21 heavy (non-hydrogen) atoms. The minimum Gasteiger partial charge on any atom is -0.461 e. The molecular formula is C12H14F2N4O3. The summed E-state index contributed by atoms with van der Waals surface area (Å²) in [7, 11) is 0. The fraction of sp³-hybridized carbons (Fsp3) is 0.417. The molecule has 0 aliphatic rings. The normalized spacial score (nSPS) is 11.6. The summed E-state index contributed by atoms with van der Waals surface area (Å²) in [5.41, 5.74) is 4.86. The van der Waals surface area contributed by atoms with Gasteiger partial charge in [0.15, 0.2) is 5.76 Å². The van der Waals surface area contributed by atoms with E-state index in [1.165, 1.54) is 6.26 Å². The van der Waals surface area contributed by atoms with Crippen molar-refractivity contribution in [1.29, 1.82) is 0 Å². The number of aryl methyl sites for hydroxylation is 1. The Labute approximate surface area is 118 Å². The number of amides is 1. The Kier molecular flexibility index (Phi) is 4.63. The number of halogens is 2. The number of nitrogens with zero attached hydrogens (tertiary/aromatic N) is 2. The number of carbonyl (C=O) groups excluding carboxylic acids is 1. The van der Waals surface area contributed by atoms with Crippen molar-refractivity contribution in [1.82, 2.24) is 15.5 Å². The van der Waals surface area contributed by atoms with E-state index >= 15 is 0 Å². The van der Waals surface area contributed by atoms with Crippen molar-refractivity contribution in [3.63, 3.8) is 0 Å². The average Bonchev–Trinajstić information content (AvgIpc) is 3.13. The summed E-state index contributed by atoms with van der Waals surface area (Å²) in [6, 6.07) is 3.34. The van der Waals surface area contributed by atoms with Gasteiger partial charge in [-0.2, -0.15) is 4.98 Å². The highest BCUT2D eigenvalue weighted by Crippen LogP contribution is 2.16. The minimum atomic E-state index is -3.10. The van der Waals surface area contributed by atoms with Crippen molar-refractivity contribution in [2.24, 2.45) is 5.73 Å². The van der Waals surface area contributed by atoms with Crippen molar-refractivity contribution in [3.8, 4) is 11.6 Å². The number of hydrogen-bond acceptors (Lipinski definition) is 6. The third-order valence-electron chi connectivity index (χ3n) is 2.62. The van der Waals surface area contributed by atoms with E-state index < -0.39 is 24.9 Å². The molecule has 1 amide bonds. The molecule has 0 aliphatic carbocycles. The third-order valence-corrected chi connectivity index (χ3v) is 2.62. The van der Waals surface area contributed by atoms with Gasteiger partial charge in [-0.1, -0.05) is 5.16 Å². The number of alkyl halides is 2. The van der Waals surface area contributed by atoms with E-state index in [0.29, 0.717) is 5.76 Å². The third kappa shape index (κ3) is 4.35. The first-order chi connectivity index (χ1) is 10.00. The fourth-order valence-electron chi connectivity index (χ4n) is 1.47. The van der Waals surface area contributed by atoms with Crippen LogP contribution in [-0.2, 0) is 11.2 Å². The average molecular weight is 300 g/mol. The smallest absolute Gasteiger partial charge is 0.277 e. The van der Waals surface area contributed by atoms with Gasteiger partial charge < -0.3 is 20.0 Å². The van der Waals surface area contributed by atoms with Crippen molar-refractivity contribution in [3.05, 3.63) is 24.3 Å². The van der Waals surface area contributed by atoms with Crippen LogP contribution in [0.1, 0.15) is 12.3 Å². The summed E-state index contributed by atoms with van der Waals surface area (Å²) < 4.78 is 35.7. The lowest BCUT2D eigenvalue weighted by Crippen LogP contribution is -2.41. The molecule has 3 N–H and O–H groups in total. The minimum absolute atomic E-state index is 0.0412. The van der Waals surface area contributed by atoms with Crippen LogP contribution in [0, 0.1) is 0 Å². The Morgan fingerprint density at radius 2 is 2.29 bits per heavy atom. The molecule has 0 atom stereocenters. The molecule has 9 heteroatoms. The van der Waals surface area contributed by atoms with Gasteiger partial charge in [0.25, 0.3) is 5.92 Å². The zero-order chi connectivity index (χ0) is 15.3. The molecule has 0 aromatic carbocycles. The molecule has 0 unspecified atom stereocenters. The molecule has 0 radical (unpaired) electrons. The Hall–Kier alpha value is -2.29. The molecule has 0 aliphatic heterocycles. The van der Waals surface area contributed by atoms with Gasteiger partial charge in [-0.3, -0.25) is 4.79 Å². The van der Waals surface area contributed by atoms with Crippen LogP contribution < -0.4 is 11.1 Å². The number of carbonyl (C=O) groups is 1. The predicted molar refractivity (Wildman–Crippen MR) is 67.3 cm³/mol. The van der Waals surface area contributed by atoms with E-state index in [9.17, 15) is 13.6 Å². The number of rotatable bonds is 7. The van der Waals surface area contributed by atoms with Gasteiger partial charge in [-0.25, -0.2) is 8.78 Å². The van der Waals surface area contributed by atoms with Crippen LogP contribution in [0.5, 0.6) is 0 Å². The quantitative estimate of drug-likeness (QED) is 0.789. The summed E-state index contributed by atoms with van der Waals surface area (Å²) >= 11 is 0. The zero-order valence-electron chi connectivity index (χ0n) is 11.0. The highest BCUT2D eigenvalue weighted by Gasteiger charge is 2.27. The molecule has 2 rings (SSSR count). The van der Waals surface area contributed by atoms with Crippen LogP contribution in [0.2, 0.25) is 0 Å². The van der Waals surface area contributed by atoms with E-state index in [4.69, 9.17) is 14.7 Å². The first-order valence-electron chi connectivity index (χ1n) is 6.21. The number of furan rings is 1. The lowest BCUT2D eigenvalue weighted by molar-refractivity contribution is -0.122. The molecule has 7 nitrogen and oxygen atoms in total. The van der Waals surface area contributed by atoms with Gasteiger partial charge in [0.05, 0.1) is 19.4 Å². The van der Waals surface area contributed by atoms with Crippen molar-refractivity contribution in [2.45, 2.75) is 18.8 Å². The molecule has 0 saturated heterocycles. The standard InChI is InChI=1S/C12H14F2N4O3/c13-12(14,6-15)7-16-9(19)3-4-10-17-11(18-21-10)8-2-1-5-20-8/h1-2,5H,3-4,6-7,15H2,(H,16,19). The fourth-order valence-corrected chi connectivity index (χ4v) is 1.47. The Bertz CT molecular complexity index is 583. The van der Waals surface area contributed by atoms with Crippen LogP contribution in [0.3, 0.4) is 0 Å². The van der Waals surface area contributed by atoms with Crippen LogP contribution in [-0.4, -0.2) is 35.1 Å². The van der Waals surface area contributed by atoms with Crippen LogP contribution in [0.15, 0.2) is 27.3 Å². The maximum absolute atomic E-state index is 12.8. The van der Waals surface area contributed by atoms with Gasteiger partial charge in [0.2, 0.25) is 17.6 Å². The molecule has 2 aromatic rings. The van der Waals surface area contributed by atoms with E-state index in [-0.39, 0.29) is 24.6 Å². The predicted octanol–water partition coefficient (Wildman–Crippen LogP) is 0.972. The van der Waals surface area contributed by atoms with E-state index in [1.54, 1.807) is 12.1 Å². The molecule has 114 valence electrons. The van der Waals surface area contributed by atoms with Gasteiger partial charge in [0.1, 0.15) is 0 Å². The SMILES string of the molecule is NCC(F)(F)CNC(=O)CCc1nc(-c2ccco2)no1. The molecule has 2 aromatic heterocycles. The molecule has 0 saturated carbocycles. The maximum Gasteiger partial charge on any atom is 0.277 e. The van der Waals surface area contributed by atoms with Crippen molar-refractivity contribution >= 4 is 5.91 Å². The number of nitrogens with two attached hydrogens (primary N) is 1. The Balaban J connectivity index is 1.79. The molecule has 0 fully saturated rings. The summed E-state index contributed by atoms with van der Waals surface area (Å²) in [6.07, 6.45) is 1.57. The van der Waals surface area contributed by atoms with Crippen molar-refractivity contribution in [2.75, 3.05) is 13.1 Å². The maximum atomic E-state index is 12.8. The van der Waals surface area contributed by atoms with Crippen LogP contribution in [0.25, 0.3) is 11.6 Å². The summed E-state index contributed by atoms with van der Waals surface area (Å²) in [5, 5.41) is 5.79. The highest BCUT2D eigenvalue weighted by molar-refractivity contribution is 5.76. The highest BCUT2D eigenvalue weighted by atomic mass is 19.3. The van der Waals surface area contributed by atoms with E-state index in [1.807, 2.05) is 0 Å². The number of nitrogens with one attached hydrogen (secondary N) is 1. The largest absolute Gasteiger partial charge is 0.461 e. The van der Waals surface area contributed by atoms with Gasteiger partial charge in [-0.05, 0) is 12.1 Å². The number of hydrogen-bond donors (Lipinski definition) is 2. The topological polar surface area (TPSA) is 107 Å². The van der Waals surface area contributed by atoms with E-state index in [2.05, 4.69) is 15.5 Å². The first kappa shape index (κ1) is 15.1. The Morgan fingerprint density at radius 3 is 2.95 bits per heavy atom.